The van der Waals surface area contributed by atoms with Crippen molar-refractivity contribution in [3.05, 3.63) is 17.0 Å². The summed E-state index contributed by atoms with van der Waals surface area (Å²) in [5.41, 5.74) is 9.63. The van der Waals surface area contributed by atoms with E-state index in [-0.39, 0.29) is 12.1 Å². The minimum absolute atomic E-state index is 0.0869. The highest BCUT2D eigenvalue weighted by Gasteiger charge is 2.24. The fourth-order valence-corrected chi connectivity index (χ4v) is 2.46. The summed E-state index contributed by atoms with van der Waals surface area (Å²) >= 11 is 0. The molecular formula is C13H24N4O. The predicted molar refractivity (Wildman–Crippen MR) is 71.3 cm³/mol. The second-order valence-corrected chi connectivity index (χ2v) is 5.28. The summed E-state index contributed by atoms with van der Waals surface area (Å²) in [6.07, 6.45) is 0.149. The number of ether oxygens (including phenoxy) is 1. The SMILES string of the molecule is Cc1nn(C)c(C)c1CN1CCOC(C(C)N)C1. The van der Waals surface area contributed by atoms with Crippen LogP contribution in [0.2, 0.25) is 0 Å². The molecule has 2 rings (SSSR count). The number of morpholine rings is 1. The van der Waals surface area contributed by atoms with Gasteiger partial charge in [0.05, 0.1) is 18.4 Å². The van der Waals surface area contributed by atoms with Gasteiger partial charge >= 0.3 is 0 Å². The second kappa shape index (κ2) is 5.38. The number of aromatic nitrogens is 2. The molecule has 0 radical (unpaired) electrons. The zero-order valence-corrected chi connectivity index (χ0v) is 11.8. The van der Waals surface area contributed by atoms with Crippen molar-refractivity contribution in [3.63, 3.8) is 0 Å². The topological polar surface area (TPSA) is 56.3 Å². The van der Waals surface area contributed by atoms with E-state index in [0.717, 1.165) is 31.9 Å². The Kier molecular flexibility index (Phi) is 4.04. The van der Waals surface area contributed by atoms with Crippen molar-refractivity contribution in [2.24, 2.45) is 12.8 Å². The summed E-state index contributed by atoms with van der Waals surface area (Å²) in [6.45, 7) is 9.80. The van der Waals surface area contributed by atoms with Crippen molar-refractivity contribution in [2.45, 2.75) is 39.5 Å². The summed E-state index contributed by atoms with van der Waals surface area (Å²) < 4.78 is 7.64. The van der Waals surface area contributed by atoms with Crippen LogP contribution in [0.5, 0.6) is 0 Å². The molecule has 1 aliphatic heterocycles. The van der Waals surface area contributed by atoms with Gasteiger partial charge in [-0.25, -0.2) is 0 Å². The molecule has 1 aliphatic rings. The smallest absolute Gasteiger partial charge is 0.0850 e. The molecule has 2 unspecified atom stereocenters. The highest BCUT2D eigenvalue weighted by molar-refractivity contribution is 5.24. The molecule has 2 N–H and O–H groups in total. The van der Waals surface area contributed by atoms with E-state index >= 15 is 0 Å². The van der Waals surface area contributed by atoms with E-state index in [1.54, 1.807) is 0 Å². The lowest BCUT2D eigenvalue weighted by Crippen LogP contribution is -2.49. The Bertz CT molecular complexity index is 413. The molecule has 0 saturated carbocycles. The molecule has 1 saturated heterocycles. The number of hydrogen-bond acceptors (Lipinski definition) is 4. The van der Waals surface area contributed by atoms with E-state index in [1.165, 1.54) is 11.3 Å². The molecule has 102 valence electrons. The Morgan fingerprint density at radius 2 is 2.22 bits per heavy atom. The van der Waals surface area contributed by atoms with Gasteiger partial charge in [-0.05, 0) is 20.8 Å². The second-order valence-electron chi connectivity index (χ2n) is 5.28. The quantitative estimate of drug-likeness (QED) is 0.855. The van der Waals surface area contributed by atoms with Gasteiger partial charge in [0.15, 0.2) is 0 Å². The lowest BCUT2D eigenvalue weighted by molar-refractivity contribution is -0.0404. The monoisotopic (exact) mass is 252 g/mol. The lowest BCUT2D eigenvalue weighted by Gasteiger charge is -2.34. The molecular weight excluding hydrogens is 228 g/mol. The van der Waals surface area contributed by atoms with Crippen molar-refractivity contribution in [1.82, 2.24) is 14.7 Å². The van der Waals surface area contributed by atoms with Gasteiger partial charge in [0.2, 0.25) is 0 Å². The first kappa shape index (κ1) is 13.5. The molecule has 5 nitrogen and oxygen atoms in total. The maximum Gasteiger partial charge on any atom is 0.0850 e. The van der Waals surface area contributed by atoms with E-state index in [2.05, 4.69) is 23.8 Å². The van der Waals surface area contributed by atoms with Crippen LogP contribution in [0.25, 0.3) is 0 Å². The largest absolute Gasteiger partial charge is 0.374 e. The zero-order chi connectivity index (χ0) is 13.3. The predicted octanol–water partition coefficient (Wildman–Crippen LogP) is 0.585. The highest BCUT2D eigenvalue weighted by Crippen LogP contribution is 2.17. The molecule has 0 spiro atoms. The van der Waals surface area contributed by atoms with Crippen LogP contribution in [0.3, 0.4) is 0 Å². The van der Waals surface area contributed by atoms with Gasteiger partial charge in [-0.15, -0.1) is 0 Å². The molecule has 1 aromatic heterocycles. The fraction of sp³-hybridized carbons (Fsp3) is 0.769. The molecule has 1 fully saturated rings. The van der Waals surface area contributed by atoms with Gasteiger partial charge in [0, 0.05) is 44.0 Å². The molecule has 0 aromatic carbocycles. The van der Waals surface area contributed by atoms with Crippen LogP contribution in [-0.2, 0) is 18.3 Å². The maximum absolute atomic E-state index is 5.92. The molecule has 2 atom stereocenters. The fourth-order valence-electron chi connectivity index (χ4n) is 2.46. The highest BCUT2D eigenvalue weighted by atomic mass is 16.5. The van der Waals surface area contributed by atoms with Crippen LogP contribution < -0.4 is 5.73 Å². The van der Waals surface area contributed by atoms with Crippen molar-refractivity contribution in [1.29, 1.82) is 0 Å². The van der Waals surface area contributed by atoms with E-state index < -0.39 is 0 Å². The Balaban J connectivity index is 2.05. The molecule has 5 heteroatoms. The van der Waals surface area contributed by atoms with Crippen LogP contribution in [-0.4, -0.2) is 46.5 Å². The third kappa shape index (κ3) is 2.74. The van der Waals surface area contributed by atoms with Crippen molar-refractivity contribution in [2.75, 3.05) is 19.7 Å². The Labute approximate surface area is 109 Å². The van der Waals surface area contributed by atoms with E-state index in [4.69, 9.17) is 10.5 Å². The number of hydrogen-bond donors (Lipinski definition) is 1. The average molecular weight is 252 g/mol. The number of nitrogens with zero attached hydrogens (tertiary/aromatic N) is 3. The average Bonchev–Trinajstić information content (AvgIpc) is 2.56. The number of rotatable bonds is 3. The van der Waals surface area contributed by atoms with Crippen LogP contribution in [0.15, 0.2) is 0 Å². The Morgan fingerprint density at radius 3 is 2.78 bits per heavy atom. The zero-order valence-electron chi connectivity index (χ0n) is 11.8. The first-order valence-electron chi connectivity index (χ1n) is 6.57. The minimum atomic E-state index is 0.0869. The summed E-state index contributed by atoms with van der Waals surface area (Å²) in [5, 5.41) is 4.46. The first-order chi connectivity index (χ1) is 8.49. The summed E-state index contributed by atoms with van der Waals surface area (Å²) in [4.78, 5) is 2.41. The summed E-state index contributed by atoms with van der Waals surface area (Å²) in [6, 6.07) is 0.0869. The van der Waals surface area contributed by atoms with Crippen molar-refractivity contribution in [3.8, 4) is 0 Å². The van der Waals surface area contributed by atoms with Gasteiger partial charge in [-0.1, -0.05) is 0 Å². The Morgan fingerprint density at radius 1 is 1.50 bits per heavy atom. The molecule has 0 bridgehead atoms. The number of nitrogens with two attached hydrogens (primary N) is 1. The van der Waals surface area contributed by atoms with Crippen LogP contribution in [0, 0.1) is 13.8 Å². The van der Waals surface area contributed by atoms with Crippen LogP contribution in [0.4, 0.5) is 0 Å². The van der Waals surface area contributed by atoms with Crippen molar-refractivity contribution >= 4 is 0 Å². The molecule has 0 amide bonds. The Hall–Kier alpha value is -0.910. The molecule has 18 heavy (non-hydrogen) atoms. The maximum atomic E-state index is 5.92. The van der Waals surface area contributed by atoms with E-state index in [0.29, 0.717) is 0 Å². The van der Waals surface area contributed by atoms with Gasteiger partial charge in [0.25, 0.3) is 0 Å². The molecule has 1 aromatic rings. The van der Waals surface area contributed by atoms with Gasteiger partial charge in [-0.2, -0.15) is 5.10 Å². The van der Waals surface area contributed by atoms with Crippen LogP contribution >= 0.6 is 0 Å². The van der Waals surface area contributed by atoms with Crippen LogP contribution in [0.1, 0.15) is 23.9 Å². The standard InChI is InChI=1S/C13H24N4O/c1-9(14)13-8-17(5-6-18-13)7-12-10(2)15-16(4)11(12)3/h9,13H,5-8,14H2,1-4H3. The van der Waals surface area contributed by atoms with Gasteiger partial charge in [0.1, 0.15) is 0 Å². The lowest BCUT2D eigenvalue weighted by atomic mass is 10.1. The minimum Gasteiger partial charge on any atom is -0.374 e. The third-order valence-electron chi connectivity index (χ3n) is 3.80. The summed E-state index contributed by atoms with van der Waals surface area (Å²) in [5.74, 6) is 0. The first-order valence-corrected chi connectivity index (χ1v) is 6.57. The third-order valence-corrected chi connectivity index (χ3v) is 3.80. The van der Waals surface area contributed by atoms with E-state index in [1.807, 2.05) is 18.7 Å². The van der Waals surface area contributed by atoms with Gasteiger partial charge < -0.3 is 10.5 Å². The van der Waals surface area contributed by atoms with E-state index in [9.17, 15) is 0 Å². The molecule has 2 heterocycles. The van der Waals surface area contributed by atoms with Gasteiger partial charge in [-0.3, -0.25) is 9.58 Å². The molecule has 0 aliphatic carbocycles. The normalized spacial score (nSPS) is 23.3. The van der Waals surface area contributed by atoms with Crippen molar-refractivity contribution < 1.29 is 4.74 Å². The number of aryl methyl sites for hydroxylation is 2. The summed E-state index contributed by atoms with van der Waals surface area (Å²) in [7, 11) is 2.00.